The lowest BCUT2D eigenvalue weighted by Crippen LogP contribution is -2.53. The van der Waals surface area contributed by atoms with Crippen molar-refractivity contribution in [1.82, 2.24) is 10.6 Å². The third-order valence-corrected chi connectivity index (χ3v) is 4.14. The van der Waals surface area contributed by atoms with E-state index in [0.29, 0.717) is 25.8 Å². The van der Waals surface area contributed by atoms with Gasteiger partial charge in [0.1, 0.15) is 6.04 Å². The molecule has 8 nitrogen and oxygen atoms in total. The van der Waals surface area contributed by atoms with Crippen LogP contribution in [-0.4, -0.2) is 53.5 Å². The molecule has 4 unspecified atom stereocenters. The topological polar surface area (TPSA) is 148 Å². The summed E-state index contributed by atoms with van der Waals surface area (Å²) in [4.78, 5) is 36.4. The maximum absolute atomic E-state index is 12.7. The monoisotopic (exact) mass is 366 g/mol. The van der Waals surface area contributed by atoms with Crippen LogP contribution in [0.1, 0.15) is 39.5 Å². The van der Waals surface area contributed by atoms with E-state index in [9.17, 15) is 19.5 Å². The van der Waals surface area contributed by atoms with Crippen LogP contribution in [0.4, 0.5) is 0 Å². The molecule has 1 aliphatic carbocycles. The zero-order chi connectivity index (χ0) is 19.7. The van der Waals surface area contributed by atoms with Crippen LogP contribution in [-0.2, 0) is 14.4 Å². The molecule has 0 spiro atoms. The Bertz CT molecular complexity index is 572. The Morgan fingerprint density at radius 2 is 1.92 bits per heavy atom. The van der Waals surface area contributed by atoms with Crippen molar-refractivity contribution in [2.75, 3.05) is 6.54 Å². The Kier molecular flexibility index (Phi) is 9.18. The lowest BCUT2D eigenvalue weighted by atomic mass is 9.97. The molecule has 7 N–H and O–H groups in total. The smallest absolute Gasteiger partial charge is 0.243 e. The average Bonchev–Trinajstić information content (AvgIpc) is 2.59. The van der Waals surface area contributed by atoms with E-state index in [1.54, 1.807) is 12.2 Å². The summed E-state index contributed by atoms with van der Waals surface area (Å²) in [5.41, 5.74) is 11.9. The first-order valence-corrected chi connectivity index (χ1v) is 8.86. The normalized spacial score (nSPS) is 19.9. The second-order valence-corrected chi connectivity index (χ2v) is 6.60. The van der Waals surface area contributed by atoms with Gasteiger partial charge in [0, 0.05) is 6.42 Å². The molecule has 0 aliphatic heterocycles. The summed E-state index contributed by atoms with van der Waals surface area (Å²) >= 11 is 0. The number of nitrogens with two attached hydrogens (primary N) is 2. The molecule has 0 heterocycles. The SMILES string of the molecule is CC(=O)C(CCCN)NC(=O)C(CC1=CCC(O)C=C1)NC(=O)C(C)N. The number of Topliss-reactive ketones (excluding diaryl/α,β-unsaturated/α-hetero) is 1. The predicted molar refractivity (Wildman–Crippen MR) is 98.9 cm³/mol. The summed E-state index contributed by atoms with van der Waals surface area (Å²) in [6, 6.07) is -2.26. The molecule has 26 heavy (non-hydrogen) atoms. The minimum absolute atomic E-state index is 0.163. The van der Waals surface area contributed by atoms with Gasteiger partial charge in [0.2, 0.25) is 11.8 Å². The number of allylic oxidation sites excluding steroid dienone is 1. The Morgan fingerprint density at radius 1 is 1.27 bits per heavy atom. The van der Waals surface area contributed by atoms with Crippen molar-refractivity contribution < 1.29 is 19.5 Å². The van der Waals surface area contributed by atoms with Crippen molar-refractivity contribution >= 4 is 17.6 Å². The third-order valence-electron chi connectivity index (χ3n) is 4.14. The highest BCUT2D eigenvalue weighted by Crippen LogP contribution is 2.16. The number of hydrogen-bond donors (Lipinski definition) is 5. The summed E-state index contributed by atoms with van der Waals surface area (Å²) in [5, 5.41) is 14.8. The molecule has 0 aromatic carbocycles. The van der Waals surface area contributed by atoms with Gasteiger partial charge in [-0.15, -0.1) is 0 Å². The maximum Gasteiger partial charge on any atom is 0.243 e. The molecule has 0 fully saturated rings. The number of aliphatic hydroxyl groups is 1. The van der Waals surface area contributed by atoms with Crippen molar-refractivity contribution in [2.24, 2.45) is 11.5 Å². The Hall–Kier alpha value is -2.03. The first-order valence-electron chi connectivity index (χ1n) is 8.86. The van der Waals surface area contributed by atoms with E-state index in [1.807, 2.05) is 6.08 Å². The van der Waals surface area contributed by atoms with Crippen molar-refractivity contribution in [3.63, 3.8) is 0 Å². The quantitative estimate of drug-likeness (QED) is 0.344. The van der Waals surface area contributed by atoms with Gasteiger partial charge in [-0.2, -0.15) is 0 Å². The van der Waals surface area contributed by atoms with Crippen LogP contribution in [0.3, 0.4) is 0 Å². The van der Waals surface area contributed by atoms with Crippen molar-refractivity contribution in [3.05, 3.63) is 23.8 Å². The van der Waals surface area contributed by atoms with Crippen LogP contribution in [0.25, 0.3) is 0 Å². The molecule has 0 bridgehead atoms. The van der Waals surface area contributed by atoms with Crippen LogP contribution < -0.4 is 22.1 Å². The average molecular weight is 366 g/mol. The molecule has 8 heteroatoms. The highest BCUT2D eigenvalue weighted by molar-refractivity contribution is 5.93. The van der Waals surface area contributed by atoms with Gasteiger partial charge in [-0.25, -0.2) is 0 Å². The molecular weight excluding hydrogens is 336 g/mol. The van der Waals surface area contributed by atoms with Gasteiger partial charge in [0.15, 0.2) is 5.78 Å². The molecular formula is C18H30N4O4. The molecule has 146 valence electrons. The molecule has 0 aromatic rings. The summed E-state index contributed by atoms with van der Waals surface area (Å²) in [7, 11) is 0. The highest BCUT2D eigenvalue weighted by atomic mass is 16.3. The van der Waals surface area contributed by atoms with E-state index in [0.717, 1.165) is 5.57 Å². The summed E-state index contributed by atoms with van der Waals surface area (Å²) in [5.74, 6) is -1.06. The Morgan fingerprint density at radius 3 is 2.42 bits per heavy atom. The van der Waals surface area contributed by atoms with Gasteiger partial charge in [-0.3, -0.25) is 14.4 Å². The van der Waals surface area contributed by atoms with Gasteiger partial charge in [0.25, 0.3) is 0 Å². The van der Waals surface area contributed by atoms with Crippen LogP contribution in [0.2, 0.25) is 0 Å². The summed E-state index contributed by atoms with van der Waals surface area (Å²) < 4.78 is 0. The number of nitrogens with one attached hydrogen (secondary N) is 2. The lowest BCUT2D eigenvalue weighted by Gasteiger charge is -2.24. The fourth-order valence-electron chi connectivity index (χ4n) is 2.52. The Labute approximate surface area is 154 Å². The van der Waals surface area contributed by atoms with E-state index in [1.165, 1.54) is 13.8 Å². The first kappa shape index (κ1) is 22.0. The number of hydrogen-bond acceptors (Lipinski definition) is 6. The largest absolute Gasteiger partial charge is 0.389 e. The molecule has 0 saturated carbocycles. The molecule has 2 amide bonds. The van der Waals surface area contributed by atoms with E-state index >= 15 is 0 Å². The van der Waals surface area contributed by atoms with Crippen LogP contribution >= 0.6 is 0 Å². The van der Waals surface area contributed by atoms with Crippen LogP contribution in [0.15, 0.2) is 23.8 Å². The second-order valence-electron chi connectivity index (χ2n) is 6.60. The molecule has 1 rings (SSSR count). The zero-order valence-corrected chi connectivity index (χ0v) is 15.4. The summed E-state index contributed by atoms with van der Waals surface area (Å²) in [6.07, 6.45) is 6.39. The number of carbonyl (C=O) groups is 3. The van der Waals surface area contributed by atoms with E-state index in [2.05, 4.69) is 10.6 Å². The number of amides is 2. The fraction of sp³-hybridized carbons (Fsp3) is 0.611. The maximum atomic E-state index is 12.7. The minimum Gasteiger partial charge on any atom is -0.389 e. The van der Waals surface area contributed by atoms with Crippen molar-refractivity contribution in [1.29, 1.82) is 0 Å². The highest BCUT2D eigenvalue weighted by Gasteiger charge is 2.26. The van der Waals surface area contributed by atoms with Crippen molar-refractivity contribution in [3.8, 4) is 0 Å². The second kappa shape index (κ2) is 10.8. The zero-order valence-electron chi connectivity index (χ0n) is 15.4. The molecule has 4 atom stereocenters. The molecule has 0 aromatic heterocycles. The minimum atomic E-state index is -0.862. The van der Waals surface area contributed by atoms with E-state index in [4.69, 9.17) is 11.5 Å². The van der Waals surface area contributed by atoms with Gasteiger partial charge in [-0.05, 0) is 45.2 Å². The Balaban J connectivity index is 2.84. The van der Waals surface area contributed by atoms with Gasteiger partial charge < -0.3 is 27.2 Å². The number of rotatable bonds is 10. The van der Waals surface area contributed by atoms with Crippen LogP contribution in [0, 0.1) is 0 Å². The number of aliphatic hydroxyl groups excluding tert-OH is 1. The molecule has 0 saturated heterocycles. The number of carbonyl (C=O) groups excluding carboxylic acids is 3. The fourth-order valence-corrected chi connectivity index (χ4v) is 2.52. The molecule has 1 aliphatic rings. The lowest BCUT2D eigenvalue weighted by molar-refractivity contribution is -0.131. The predicted octanol–water partition coefficient (Wildman–Crippen LogP) is -0.732. The first-order chi connectivity index (χ1) is 12.2. The standard InChI is InChI=1S/C18H30N4O4/c1-11(20)17(25)22-16(10-13-5-7-14(24)8-6-13)18(26)21-15(12(2)23)4-3-9-19/h5-7,11,14-16,24H,3-4,8-10,19-20H2,1-2H3,(H,21,26)(H,22,25). The summed E-state index contributed by atoms with van der Waals surface area (Å²) in [6.45, 7) is 3.36. The number of ketones is 1. The van der Waals surface area contributed by atoms with Gasteiger partial charge in [-0.1, -0.05) is 18.2 Å². The third kappa shape index (κ3) is 7.47. The van der Waals surface area contributed by atoms with Crippen molar-refractivity contribution in [2.45, 2.75) is 63.8 Å². The molecule has 0 radical (unpaired) electrons. The van der Waals surface area contributed by atoms with Gasteiger partial charge >= 0.3 is 0 Å². The van der Waals surface area contributed by atoms with E-state index < -0.39 is 36.0 Å². The van der Waals surface area contributed by atoms with Crippen LogP contribution in [0.5, 0.6) is 0 Å². The van der Waals surface area contributed by atoms with E-state index in [-0.39, 0.29) is 12.2 Å². The van der Waals surface area contributed by atoms with Gasteiger partial charge in [0.05, 0.1) is 18.2 Å².